The van der Waals surface area contributed by atoms with Crippen molar-refractivity contribution in [3.8, 4) is 0 Å². The van der Waals surface area contributed by atoms with E-state index < -0.39 is 16.1 Å². The van der Waals surface area contributed by atoms with Gasteiger partial charge in [-0.05, 0) is 12.8 Å². The van der Waals surface area contributed by atoms with Crippen molar-refractivity contribution < 1.29 is 17.9 Å². The third-order valence-electron chi connectivity index (χ3n) is 4.01. The molecule has 2 saturated heterocycles. The van der Waals surface area contributed by atoms with Crippen LogP contribution in [0.2, 0.25) is 0 Å². The summed E-state index contributed by atoms with van der Waals surface area (Å²) in [4.78, 5) is 14.5. The third kappa shape index (κ3) is 4.91. The highest BCUT2D eigenvalue weighted by molar-refractivity contribution is 7.88. The molecule has 7 nitrogen and oxygen atoms in total. The molecule has 0 radical (unpaired) electrons. The molecule has 2 fully saturated rings. The van der Waals surface area contributed by atoms with Crippen LogP contribution < -0.4 is 5.32 Å². The van der Waals surface area contributed by atoms with Crippen LogP contribution in [0.5, 0.6) is 0 Å². The quantitative estimate of drug-likeness (QED) is 0.721. The van der Waals surface area contributed by atoms with Crippen molar-refractivity contribution in [1.29, 1.82) is 0 Å². The molecule has 0 aliphatic carbocycles. The van der Waals surface area contributed by atoms with Crippen LogP contribution in [0, 0.1) is 0 Å². The fourth-order valence-electron chi connectivity index (χ4n) is 2.84. The van der Waals surface area contributed by atoms with Gasteiger partial charge in [0, 0.05) is 32.7 Å². The number of rotatable bonds is 5. The van der Waals surface area contributed by atoms with Crippen molar-refractivity contribution in [3.63, 3.8) is 0 Å². The fraction of sp³-hybridized carbons (Fsp3) is 0.923. The number of hydrogen-bond donors (Lipinski definition) is 1. The maximum atomic E-state index is 12.2. The summed E-state index contributed by atoms with van der Waals surface area (Å²) in [5.41, 5.74) is 0. The number of nitrogens with one attached hydrogen (secondary N) is 1. The van der Waals surface area contributed by atoms with Gasteiger partial charge in [-0.15, -0.1) is 0 Å². The SMILES string of the molecule is CS(=O)(=O)N1CCCCC1C(=O)NCCN1CCOCC1. The maximum Gasteiger partial charge on any atom is 0.238 e. The summed E-state index contributed by atoms with van der Waals surface area (Å²) in [5, 5.41) is 2.87. The van der Waals surface area contributed by atoms with Gasteiger partial charge in [0.25, 0.3) is 0 Å². The molecule has 2 heterocycles. The Labute approximate surface area is 126 Å². The Kier molecular flexibility index (Phi) is 5.98. The van der Waals surface area contributed by atoms with Crippen LogP contribution in [-0.2, 0) is 19.6 Å². The number of hydrogen-bond acceptors (Lipinski definition) is 5. The lowest BCUT2D eigenvalue weighted by molar-refractivity contribution is -0.125. The van der Waals surface area contributed by atoms with Gasteiger partial charge in [0.2, 0.25) is 15.9 Å². The molecular weight excluding hydrogens is 294 g/mol. The summed E-state index contributed by atoms with van der Waals surface area (Å²) in [5.74, 6) is -0.173. The number of sulfonamides is 1. The highest BCUT2D eigenvalue weighted by Gasteiger charge is 2.34. The monoisotopic (exact) mass is 319 g/mol. The summed E-state index contributed by atoms with van der Waals surface area (Å²) >= 11 is 0. The van der Waals surface area contributed by atoms with Crippen molar-refractivity contribution >= 4 is 15.9 Å². The molecule has 21 heavy (non-hydrogen) atoms. The predicted octanol–water partition coefficient (Wildman–Crippen LogP) is -0.751. The molecule has 1 unspecified atom stereocenters. The standard InChI is InChI=1S/C13H25N3O4S/c1-21(18,19)16-6-3-2-4-12(16)13(17)14-5-7-15-8-10-20-11-9-15/h12H,2-11H2,1H3,(H,14,17). The van der Waals surface area contributed by atoms with Crippen molar-refractivity contribution in [2.45, 2.75) is 25.3 Å². The smallest absolute Gasteiger partial charge is 0.238 e. The first-order valence-corrected chi connectivity index (χ1v) is 9.38. The zero-order valence-electron chi connectivity index (χ0n) is 12.6. The molecule has 0 bridgehead atoms. The van der Waals surface area contributed by atoms with Crippen LogP contribution in [0.15, 0.2) is 0 Å². The molecule has 1 N–H and O–H groups in total. The maximum absolute atomic E-state index is 12.2. The second-order valence-corrected chi connectivity index (χ2v) is 7.57. The lowest BCUT2D eigenvalue weighted by atomic mass is 10.0. The highest BCUT2D eigenvalue weighted by atomic mass is 32.2. The van der Waals surface area contributed by atoms with E-state index in [1.165, 1.54) is 10.6 Å². The van der Waals surface area contributed by atoms with Crippen LogP contribution in [0.1, 0.15) is 19.3 Å². The minimum atomic E-state index is -3.32. The number of ether oxygens (including phenoxy) is 1. The molecule has 0 saturated carbocycles. The second-order valence-electron chi connectivity index (χ2n) is 5.63. The van der Waals surface area contributed by atoms with E-state index >= 15 is 0 Å². The van der Waals surface area contributed by atoms with E-state index in [1.54, 1.807) is 0 Å². The molecule has 2 aliphatic rings. The van der Waals surface area contributed by atoms with E-state index in [2.05, 4.69) is 10.2 Å². The zero-order valence-corrected chi connectivity index (χ0v) is 13.4. The lowest BCUT2D eigenvalue weighted by Gasteiger charge is -2.33. The Morgan fingerprint density at radius 1 is 1.24 bits per heavy atom. The average molecular weight is 319 g/mol. The number of carbonyl (C=O) groups excluding carboxylic acids is 1. The van der Waals surface area contributed by atoms with Gasteiger partial charge in [0.05, 0.1) is 19.5 Å². The van der Waals surface area contributed by atoms with E-state index in [1.807, 2.05) is 0 Å². The van der Waals surface area contributed by atoms with E-state index in [0.29, 0.717) is 19.5 Å². The fourth-order valence-corrected chi connectivity index (χ4v) is 3.97. The Morgan fingerprint density at radius 2 is 1.95 bits per heavy atom. The molecule has 8 heteroatoms. The largest absolute Gasteiger partial charge is 0.379 e. The molecule has 0 aromatic heterocycles. The molecule has 1 amide bonds. The molecule has 2 aliphatic heterocycles. The minimum Gasteiger partial charge on any atom is -0.379 e. The highest BCUT2D eigenvalue weighted by Crippen LogP contribution is 2.19. The van der Waals surface area contributed by atoms with Gasteiger partial charge in [-0.1, -0.05) is 6.42 Å². The first-order valence-electron chi connectivity index (χ1n) is 7.53. The summed E-state index contributed by atoms with van der Waals surface area (Å²) in [6, 6.07) is -0.543. The van der Waals surface area contributed by atoms with Crippen molar-refractivity contribution in [3.05, 3.63) is 0 Å². The van der Waals surface area contributed by atoms with Crippen LogP contribution >= 0.6 is 0 Å². The minimum absolute atomic E-state index is 0.173. The number of morpholine rings is 1. The van der Waals surface area contributed by atoms with Gasteiger partial charge in [0.1, 0.15) is 6.04 Å². The molecule has 122 valence electrons. The van der Waals surface area contributed by atoms with Crippen LogP contribution in [0.3, 0.4) is 0 Å². The molecular formula is C13H25N3O4S. The van der Waals surface area contributed by atoms with Crippen molar-refractivity contribution in [1.82, 2.24) is 14.5 Å². The van der Waals surface area contributed by atoms with Crippen molar-refractivity contribution in [2.75, 3.05) is 52.2 Å². The van der Waals surface area contributed by atoms with E-state index in [4.69, 9.17) is 4.74 Å². The predicted molar refractivity (Wildman–Crippen MR) is 79.5 cm³/mol. The Morgan fingerprint density at radius 3 is 2.62 bits per heavy atom. The number of nitrogens with zero attached hydrogens (tertiary/aromatic N) is 2. The Bertz CT molecular complexity index is 448. The molecule has 0 aromatic carbocycles. The van der Waals surface area contributed by atoms with Gasteiger partial charge in [-0.2, -0.15) is 4.31 Å². The summed E-state index contributed by atoms with van der Waals surface area (Å²) in [6.45, 7) is 5.01. The van der Waals surface area contributed by atoms with Crippen LogP contribution in [0.25, 0.3) is 0 Å². The molecule has 0 spiro atoms. The summed E-state index contributed by atoms with van der Waals surface area (Å²) in [7, 11) is -3.32. The normalized spacial score (nSPS) is 25.7. The van der Waals surface area contributed by atoms with Crippen LogP contribution in [0.4, 0.5) is 0 Å². The molecule has 1 atom stereocenters. The number of amides is 1. The first-order chi connectivity index (χ1) is 9.98. The van der Waals surface area contributed by atoms with Crippen LogP contribution in [-0.4, -0.2) is 81.8 Å². The van der Waals surface area contributed by atoms with Gasteiger partial charge in [-0.25, -0.2) is 8.42 Å². The van der Waals surface area contributed by atoms with Crippen molar-refractivity contribution in [2.24, 2.45) is 0 Å². The van der Waals surface area contributed by atoms with E-state index in [9.17, 15) is 13.2 Å². The van der Waals surface area contributed by atoms with E-state index in [0.717, 1.165) is 45.7 Å². The Hall–Kier alpha value is -0.700. The second kappa shape index (κ2) is 7.53. The summed E-state index contributed by atoms with van der Waals surface area (Å²) < 4.78 is 30.1. The third-order valence-corrected chi connectivity index (χ3v) is 5.30. The number of carbonyl (C=O) groups is 1. The summed E-state index contributed by atoms with van der Waals surface area (Å²) in [6.07, 6.45) is 3.50. The van der Waals surface area contributed by atoms with Gasteiger partial charge < -0.3 is 10.1 Å². The van der Waals surface area contributed by atoms with Gasteiger partial charge in [0.15, 0.2) is 0 Å². The molecule has 0 aromatic rings. The Balaban J connectivity index is 1.80. The van der Waals surface area contributed by atoms with E-state index in [-0.39, 0.29) is 5.91 Å². The molecule has 2 rings (SSSR count). The number of piperidine rings is 1. The topological polar surface area (TPSA) is 79.0 Å². The van der Waals surface area contributed by atoms with Gasteiger partial charge >= 0.3 is 0 Å². The average Bonchev–Trinajstić information content (AvgIpc) is 2.47. The zero-order chi connectivity index (χ0) is 15.3. The first kappa shape index (κ1) is 16.7. The van der Waals surface area contributed by atoms with Gasteiger partial charge in [-0.3, -0.25) is 9.69 Å². The lowest BCUT2D eigenvalue weighted by Crippen LogP contribution is -2.52.